The standard InChI is InChI=1S/C43H31BrN2/c1-43(2)39-14-8-6-12-35(39)36-22-20-33(26-40(36)43)46-41-15-9-7-13-37(41)38-23-21-34(27-42(38)46)45(31-10-4-3-5-11-31)32-19-17-28-24-30(44)18-16-29(28)25-32/h3-27H,1-2H3. The molecule has 0 spiro atoms. The summed E-state index contributed by atoms with van der Waals surface area (Å²) in [5, 5.41) is 4.93. The Balaban J connectivity index is 1.27. The van der Waals surface area contributed by atoms with Crippen molar-refractivity contribution in [2.24, 2.45) is 0 Å². The van der Waals surface area contributed by atoms with Crippen LogP contribution in [0.3, 0.4) is 0 Å². The smallest absolute Gasteiger partial charge is 0.0561 e. The van der Waals surface area contributed by atoms with Gasteiger partial charge < -0.3 is 9.47 Å². The lowest BCUT2D eigenvalue weighted by Gasteiger charge is -2.26. The molecular formula is C43H31BrN2. The van der Waals surface area contributed by atoms with Gasteiger partial charge in [0.2, 0.25) is 0 Å². The molecule has 1 aliphatic rings. The maximum absolute atomic E-state index is 3.63. The van der Waals surface area contributed by atoms with Crippen molar-refractivity contribution in [2.45, 2.75) is 19.3 Å². The first-order valence-corrected chi connectivity index (χ1v) is 16.6. The van der Waals surface area contributed by atoms with Crippen LogP contribution in [0.5, 0.6) is 0 Å². The van der Waals surface area contributed by atoms with Gasteiger partial charge in [0.25, 0.3) is 0 Å². The number of nitrogens with zero attached hydrogens (tertiary/aromatic N) is 2. The average Bonchev–Trinajstić information content (AvgIpc) is 3.53. The molecule has 46 heavy (non-hydrogen) atoms. The molecule has 220 valence electrons. The fourth-order valence-electron chi connectivity index (χ4n) is 7.57. The predicted octanol–water partition coefficient (Wildman–Crippen LogP) is 12.5. The Morgan fingerprint density at radius 2 is 1.17 bits per heavy atom. The molecule has 0 unspecified atom stereocenters. The monoisotopic (exact) mass is 654 g/mol. The first kappa shape index (κ1) is 27.2. The minimum absolute atomic E-state index is 0.0678. The molecule has 0 bridgehead atoms. The van der Waals surface area contributed by atoms with E-state index in [2.05, 4.69) is 191 Å². The first-order valence-electron chi connectivity index (χ1n) is 15.8. The van der Waals surface area contributed by atoms with Crippen LogP contribution in [0.1, 0.15) is 25.0 Å². The number of para-hydroxylation sites is 2. The summed E-state index contributed by atoms with van der Waals surface area (Å²) in [4.78, 5) is 2.37. The Bertz CT molecular complexity index is 2470. The van der Waals surface area contributed by atoms with Crippen LogP contribution in [0.15, 0.2) is 156 Å². The molecule has 1 aromatic heterocycles. The largest absolute Gasteiger partial charge is 0.310 e. The van der Waals surface area contributed by atoms with Gasteiger partial charge in [-0.2, -0.15) is 0 Å². The van der Waals surface area contributed by atoms with Gasteiger partial charge in [0, 0.05) is 43.4 Å². The van der Waals surface area contributed by atoms with E-state index >= 15 is 0 Å². The number of anilines is 3. The molecule has 7 aromatic carbocycles. The van der Waals surface area contributed by atoms with Crippen LogP contribution in [0.2, 0.25) is 0 Å². The zero-order chi connectivity index (χ0) is 31.0. The van der Waals surface area contributed by atoms with Gasteiger partial charge >= 0.3 is 0 Å². The normalized spacial score (nSPS) is 13.3. The van der Waals surface area contributed by atoms with Crippen molar-refractivity contribution in [1.29, 1.82) is 0 Å². The number of aromatic nitrogens is 1. The lowest BCUT2D eigenvalue weighted by Crippen LogP contribution is -2.15. The Morgan fingerprint density at radius 1 is 0.500 bits per heavy atom. The van der Waals surface area contributed by atoms with Gasteiger partial charge in [-0.05, 0) is 99.8 Å². The molecule has 1 aliphatic carbocycles. The molecule has 2 nitrogen and oxygen atoms in total. The molecule has 0 aliphatic heterocycles. The summed E-state index contributed by atoms with van der Waals surface area (Å²) in [7, 11) is 0. The van der Waals surface area contributed by atoms with Gasteiger partial charge in [0.05, 0.1) is 11.0 Å². The zero-order valence-corrected chi connectivity index (χ0v) is 27.3. The van der Waals surface area contributed by atoms with Crippen LogP contribution in [-0.4, -0.2) is 4.57 Å². The molecule has 0 atom stereocenters. The molecule has 9 rings (SSSR count). The van der Waals surface area contributed by atoms with Crippen molar-refractivity contribution in [3.05, 3.63) is 167 Å². The highest BCUT2D eigenvalue weighted by atomic mass is 79.9. The number of hydrogen-bond acceptors (Lipinski definition) is 1. The molecule has 3 heteroatoms. The average molecular weight is 656 g/mol. The van der Waals surface area contributed by atoms with Crippen LogP contribution in [0.4, 0.5) is 17.1 Å². The number of hydrogen-bond donors (Lipinski definition) is 0. The van der Waals surface area contributed by atoms with Crippen molar-refractivity contribution in [3.8, 4) is 16.8 Å². The van der Waals surface area contributed by atoms with Crippen molar-refractivity contribution < 1.29 is 0 Å². The second kappa shape index (κ2) is 10.2. The van der Waals surface area contributed by atoms with Crippen LogP contribution < -0.4 is 4.90 Å². The van der Waals surface area contributed by atoms with E-state index < -0.39 is 0 Å². The van der Waals surface area contributed by atoms with Gasteiger partial charge in [0.15, 0.2) is 0 Å². The number of halogens is 1. The second-order valence-electron chi connectivity index (χ2n) is 12.8. The Morgan fingerprint density at radius 3 is 2.07 bits per heavy atom. The second-order valence-corrected chi connectivity index (χ2v) is 13.7. The van der Waals surface area contributed by atoms with Crippen LogP contribution in [0, 0.1) is 0 Å². The molecule has 0 N–H and O–H groups in total. The molecular weight excluding hydrogens is 624 g/mol. The number of fused-ring (bicyclic) bond motifs is 7. The molecule has 0 fully saturated rings. The van der Waals surface area contributed by atoms with E-state index in [0.29, 0.717) is 0 Å². The third-order valence-electron chi connectivity index (χ3n) is 9.80. The van der Waals surface area contributed by atoms with Gasteiger partial charge in [-0.1, -0.05) is 115 Å². The fourth-order valence-corrected chi connectivity index (χ4v) is 7.95. The van der Waals surface area contributed by atoms with Crippen LogP contribution >= 0.6 is 15.9 Å². The van der Waals surface area contributed by atoms with E-state index in [9.17, 15) is 0 Å². The molecule has 0 saturated carbocycles. The molecule has 8 aromatic rings. The highest BCUT2D eigenvalue weighted by Crippen LogP contribution is 2.49. The highest BCUT2D eigenvalue weighted by molar-refractivity contribution is 9.10. The van der Waals surface area contributed by atoms with E-state index in [-0.39, 0.29) is 5.41 Å². The van der Waals surface area contributed by atoms with E-state index in [4.69, 9.17) is 0 Å². The summed E-state index contributed by atoms with van der Waals surface area (Å²) in [6.45, 7) is 4.71. The summed E-state index contributed by atoms with van der Waals surface area (Å²) in [6, 6.07) is 55.5. The first-order chi connectivity index (χ1) is 22.5. The Labute approximate surface area is 277 Å². The summed E-state index contributed by atoms with van der Waals surface area (Å²) in [6.07, 6.45) is 0. The Kier molecular flexibility index (Phi) is 6.03. The SMILES string of the molecule is CC1(C)c2ccccc2-c2ccc(-n3c4ccccc4c4ccc(N(c5ccccc5)c5ccc6cc(Br)ccc6c5)cc43)cc21. The molecule has 0 radical (unpaired) electrons. The van der Waals surface area contributed by atoms with E-state index in [1.165, 1.54) is 60.5 Å². The van der Waals surface area contributed by atoms with Gasteiger partial charge in [-0.3, -0.25) is 0 Å². The molecule has 1 heterocycles. The third-order valence-corrected chi connectivity index (χ3v) is 10.3. The number of rotatable bonds is 4. The van der Waals surface area contributed by atoms with Crippen molar-refractivity contribution in [3.63, 3.8) is 0 Å². The van der Waals surface area contributed by atoms with Crippen molar-refractivity contribution >= 4 is 65.6 Å². The van der Waals surface area contributed by atoms with Gasteiger partial charge in [0.1, 0.15) is 0 Å². The number of benzene rings is 7. The van der Waals surface area contributed by atoms with Gasteiger partial charge in [-0.25, -0.2) is 0 Å². The summed E-state index contributed by atoms with van der Waals surface area (Å²) < 4.78 is 3.54. The molecule has 0 saturated heterocycles. The maximum Gasteiger partial charge on any atom is 0.0561 e. The molecule has 0 amide bonds. The summed E-state index contributed by atoms with van der Waals surface area (Å²) in [5.74, 6) is 0. The lowest BCUT2D eigenvalue weighted by atomic mass is 9.82. The quantitative estimate of drug-likeness (QED) is 0.183. The zero-order valence-electron chi connectivity index (χ0n) is 25.7. The Hall–Kier alpha value is -5.12. The van der Waals surface area contributed by atoms with Crippen LogP contribution in [0.25, 0.3) is 49.4 Å². The summed E-state index contributed by atoms with van der Waals surface area (Å²) >= 11 is 3.63. The van der Waals surface area contributed by atoms with E-state index in [1.54, 1.807) is 0 Å². The minimum atomic E-state index is -0.0678. The van der Waals surface area contributed by atoms with Gasteiger partial charge in [-0.15, -0.1) is 0 Å². The highest BCUT2D eigenvalue weighted by Gasteiger charge is 2.35. The van der Waals surface area contributed by atoms with E-state index in [0.717, 1.165) is 21.5 Å². The maximum atomic E-state index is 3.63. The summed E-state index contributed by atoms with van der Waals surface area (Å²) in [5.41, 5.74) is 12.3. The van der Waals surface area contributed by atoms with Crippen LogP contribution in [-0.2, 0) is 5.41 Å². The fraction of sp³-hybridized carbons (Fsp3) is 0.0698. The van der Waals surface area contributed by atoms with Crippen molar-refractivity contribution in [2.75, 3.05) is 4.90 Å². The van der Waals surface area contributed by atoms with Crippen molar-refractivity contribution in [1.82, 2.24) is 4.57 Å². The topological polar surface area (TPSA) is 8.17 Å². The predicted molar refractivity (Wildman–Crippen MR) is 198 cm³/mol. The lowest BCUT2D eigenvalue weighted by molar-refractivity contribution is 0.660. The third kappa shape index (κ3) is 4.08. The minimum Gasteiger partial charge on any atom is -0.310 e. The van der Waals surface area contributed by atoms with E-state index in [1.807, 2.05) is 0 Å².